The van der Waals surface area contributed by atoms with Crippen LogP contribution < -0.4 is 5.32 Å². The minimum atomic E-state index is 0.0594. The number of pyridine rings is 1. The third-order valence-electron chi connectivity index (χ3n) is 5.42. The Morgan fingerprint density at radius 1 is 1.23 bits per heavy atom. The van der Waals surface area contributed by atoms with E-state index in [0.29, 0.717) is 11.7 Å². The average molecular weight is 435 g/mol. The quantitative estimate of drug-likeness (QED) is 0.586. The van der Waals surface area contributed by atoms with Gasteiger partial charge >= 0.3 is 0 Å². The van der Waals surface area contributed by atoms with E-state index in [-0.39, 0.29) is 5.91 Å². The number of nitrogens with zero attached hydrogens (tertiary/aromatic N) is 5. The van der Waals surface area contributed by atoms with E-state index >= 15 is 0 Å². The molecule has 4 heterocycles. The van der Waals surface area contributed by atoms with Gasteiger partial charge in [-0.15, -0.1) is 11.3 Å². The van der Waals surface area contributed by atoms with E-state index in [1.807, 2.05) is 42.5 Å². The van der Waals surface area contributed by atoms with E-state index in [1.165, 1.54) is 0 Å². The Hall–Kier alpha value is -3.13. The highest BCUT2D eigenvalue weighted by atomic mass is 32.1. The predicted molar refractivity (Wildman–Crippen MR) is 123 cm³/mol. The summed E-state index contributed by atoms with van der Waals surface area (Å²) in [5.74, 6) is 2.05. The molecule has 4 rings (SSSR count). The van der Waals surface area contributed by atoms with Gasteiger partial charge in [-0.05, 0) is 56.7 Å². The number of carbonyl (C=O) groups is 1. The fourth-order valence-electron chi connectivity index (χ4n) is 3.63. The van der Waals surface area contributed by atoms with Crippen LogP contribution in [0.25, 0.3) is 6.08 Å². The highest BCUT2D eigenvalue weighted by Crippen LogP contribution is 2.22. The number of piperidine rings is 1. The van der Waals surface area contributed by atoms with Crippen molar-refractivity contribution in [2.24, 2.45) is 5.92 Å². The minimum Gasteiger partial charge on any atom is -0.339 e. The predicted octanol–water partition coefficient (Wildman–Crippen LogP) is 4.18. The number of aromatic nitrogens is 4. The molecule has 0 aromatic carbocycles. The molecule has 0 bridgehead atoms. The minimum absolute atomic E-state index is 0.0594. The van der Waals surface area contributed by atoms with Crippen molar-refractivity contribution in [1.82, 2.24) is 24.8 Å². The van der Waals surface area contributed by atoms with Gasteiger partial charge in [-0.3, -0.25) is 9.78 Å². The lowest BCUT2D eigenvalue weighted by molar-refractivity contribution is -0.127. The molecule has 0 unspecified atom stereocenters. The van der Waals surface area contributed by atoms with Gasteiger partial charge in [0.05, 0.1) is 28.8 Å². The summed E-state index contributed by atoms with van der Waals surface area (Å²) in [6.45, 7) is 5.51. The summed E-state index contributed by atoms with van der Waals surface area (Å²) in [7, 11) is 0. The number of thiazole rings is 1. The van der Waals surface area contributed by atoms with Crippen LogP contribution in [0.3, 0.4) is 0 Å². The summed E-state index contributed by atoms with van der Waals surface area (Å²) in [5, 5.41) is 6.18. The van der Waals surface area contributed by atoms with Crippen molar-refractivity contribution in [1.29, 1.82) is 0 Å². The molecule has 3 aromatic rings. The smallest absolute Gasteiger partial charge is 0.246 e. The van der Waals surface area contributed by atoms with Gasteiger partial charge in [0, 0.05) is 30.7 Å². The van der Waals surface area contributed by atoms with Crippen molar-refractivity contribution in [2.75, 3.05) is 18.4 Å². The van der Waals surface area contributed by atoms with Crippen molar-refractivity contribution in [3.05, 3.63) is 64.1 Å². The lowest BCUT2D eigenvalue weighted by Crippen LogP contribution is -2.38. The summed E-state index contributed by atoms with van der Waals surface area (Å²) in [6, 6.07) is 3.91. The van der Waals surface area contributed by atoms with Crippen molar-refractivity contribution in [3.63, 3.8) is 0 Å². The highest BCUT2D eigenvalue weighted by molar-refractivity contribution is 7.09. The molecular weight excluding hydrogens is 408 g/mol. The third kappa shape index (κ3) is 5.73. The number of aryl methyl sites for hydroxylation is 2. The molecule has 3 aromatic heterocycles. The largest absolute Gasteiger partial charge is 0.339 e. The Morgan fingerprint density at radius 3 is 2.74 bits per heavy atom. The van der Waals surface area contributed by atoms with E-state index in [4.69, 9.17) is 0 Å². The van der Waals surface area contributed by atoms with Crippen LogP contribution in [0.1, 0.15) is 34.8 Å². The molecule has 0 aliphatic carbocycles. The van der Waals surface area contributed by atoms with E-state index in [0.717, 1.165) is 60.1 Å². The summed E-state index contributed by atoms with van der Waals surface area (Å²) in [5.41, 5.74) is 2.89. The number of hydrogen-bond donors (Lipinski definition) is 1. The zero-order valence-electron chi connectivity index (χ0n) is 17.8. The number of rotatable bonds is 6. The highest BCUT2D eigenvalue weighted by Gasteiger charge is 2.22. The zero-order valence-corrected chi connectivity index (χ0v) is 18.6. The van der Waals surface area contributed by atoms with Gasteiger partial charge in [-0.25, -0.2) is 15.0 Å². The van der Waals surface area contributed by atoms with Gasteiger partial charge in [-0.2, -0.15) is 0 Å². The van der Waals surface area contributed by atoms with Gasteiger partial charge in [0.25, 0.3) is 0 Å². The van der Waals surface area contributed by atoms with Crippen LogP contribution >= 0.6 is 11.3 Å². The fraction of sp³-hybridized carbons (Fsp3) is 0.348. The molecule has 31 heavy (non-hydrogen) atoms. The lowest BCUT2D eigenvalue weighted by atomic mass is 9.92. The van der Waals surface area contributed by atoms with Gasteiger partial charge in [0.2, 0.25) is 5.91 Å². The van der Waals surface area contributed by atoms with E-state index in [9.17, 15) is 4.79 Å². The molecule has 0 saturated carbocycles. The van der Waals surface area contributed by atoms with Crippen LogP contribution in [-0.2, 0) is 11.2 Å². The molecule has 1 saturated heterocycles. The summed E-state index contributed by atoms with van der Waals surface area (Å²) in [4.78, 5) is 32.1. The summed E-state index contributed by atoms with van der Waals surface area (Å²) < 4.78 is 0. The van der Waals surface area contributed by atoms with Crippen LogP contribution in [0.15, 0.2) is 42.2 Å². The van der Waals surface area contributed by atoms with E-state index < -0.39 is 0 Å². The molecule has 1 N–H and O–H groups in total. The fourth-order valence-corrected chi connectivity index (χ4v) is 4.22. The molecule has 1 amide bonds. The molecule has 0 spiro atoms. The average Bonchev–Trinajstić information content (AvgIpc) is 3.21. The Morgan fingerprint density at radius 2 is 2.06 bits per heavy atom. The third-order valence-corrected chi connectivity index (χ3v) is 6.21. The van der Waals surface area contributed by atoms with E-state index in [1.54, 1.807) is 35.9 Å². The normalized spacial score (nSPS) is 14.8. The van der Waals surface area contributed by atoms with Crippen molar-refractivity contribution < 1.29 is 4.79 Å². The van der Waals surface area contributed by atoms with Crippen LogP contribution in [0.5, 0.6) is 0 Å². The Bertz CT molecular complexity index is 1050. The topological polar surface area (TPSA) is 83.9 Å². The van der Waals surface area contributed by atoms with E-state index in [2.05, 4.69) is 25.3 Å². The summed E-state index contributed by atoms with van der Waals surface area (Å²) >= 11 is 1.59. The maximum Gasteiger partial charge on any atom is 0.246 e. The number of hydrogen-bond acceptors (Lipinski definition) is 7. The summed E-state index contributed by atoms with van der Waals surface area (Å²) in [6.07, 6.45) is 11.6. The molecule has 8 heteroatoms. The SMILES string of the molecule is Cc1nc(/C=C/C(=O)N2CCC(Cc3cnc(Nc4ncccc4C)cn3)CC2)cs1. The molecule has 0 atom stereocenters. The maximum absolute atomic E-state index is 12.4. The first-order valence-electron chi connectivity index (χ1n) is 10.5. The van der Waals surface area contributed by atoms with Crippen molar-refractivity contribution in [2.45, 2.75) is 33.1 Å². The van der Waals surface area contributed by atoms with Crippen LogP contribution in [0.2, 0.25) is 0 Å². The molecule has 1 aliphatic rings. The molecule has 0 radical (unpaired) electrons. The first-order chi connectivity index (χ1) is 15.1. The maximum atomic E-state index is 12.4. The van der Waals surface area contributed by atoms with Crippen LogP contribution in [0, 0.1) is 19.8 Å². The van der Waals surface area contributed by atoms with Crippen LogP contribution in [-0.4, -0.2) is 43.8 Å². The Labute approximate surface area is 186 Å². The second kappa shape index (κ2) is 9.78. The first kappa shape index (κ1) is 21.1. The number of likely N-dealkylation sites (tertiary alicyclic amines) is 1. The Balaban J connectivity index is 1.25. The first-order valence-corrected chi connectivity index (χ1v) is 11.3. The number of anilines is 2. The number of nitrogens with one attached hydrogen (secondary N) is 1. The van der Waals surface area contributed by atoms with Gasteiger partial charge in [-0.1, -0.05) is 6.07 Å². The number of amides is 1. The molecule has 1 aliphatic heterocycles. The number of carbonyl (C=O) groups excluding carboxylic acids is 1. The van der Waals surface area contributed by atoms with Crippen LogP contribution in [0.4, 0.5) is 11.6 Å². The van der Waals surface area contributed by atoms with Crippen molar-refractivity contribution >= 4 is 35.0 Å². The van der Waals surface area contributed by atoms with Gasteiger partial charge in [0.15, 0.2) is 0 Å². The molecule has 7 nitrogen and oxygen atoms in total. The molecular formula is C23H26N6OS. The molecule has 160 valence electrons. The second-order valence-electron chi connectivity index (χ2n) is 7.78. The van der Waals surface area contributed by atoms with Gasteiger partial charge < -0.3 is 10.2 Å². The van der Waals surface area contributed by atoms with Crippen molar-refractivity contribution in [3.8, 4) is 0 Å². The standard InChI is InChI=1S/C23H26N6OS/c1-16-4-3-9-24-23(16)28-21-14-25-20(13-26-21)12-18-7-10-29(11-8-18)22(30)6-5-19-15-31-17(2)27-19/h3-6,9,13-15,18H,7-8,10-12H2,1-2H3,(H,24,26,28)/b6-5+. The lowest BCUT2D eigenvalue weighted by Gasteiger charge is -2.31. The zero-order chi connectivity index (χ0) is 21.6. The van der Waals surface area contributed by atoms with Gasteiger partial charge in [0.1, 0.15) is 11.6 Å². The molecule has 1 fully saturated rings. The second-order valence-corrected chi connectivity index (χ2v) is 8.85. The Kier molecular flexibility index (Phi) is 6.66. The monoisotopic (exact) mass is 434 g/mol.